The molecule has 154 valence electrons. The second-order valence-corrected chi connectivity index (χ2v) is 6.12. The number of nitrogens with zero attached hydrogens (tertiary/aromatic N) is 1. The number of esters is 1. The minimum absolute atomic E-state index is 0. The molecule has 0 bridgehead atoms. The standard InChI is InChI=1S/C21H17N3O5.ClH/c25-9-10-28-21(27)17-18(26)16(29-19(17)15-6-2-1-3-7-22-15)11-13-12-24-20-14(13)5-4-8-23-20;/h1-8,11-12,22,25H,9-10H2,(H,23,24);1H/b16-11-;. The lowest BCUT2D eigenvalue weighted by molar-refractivity contribution is -0.141. The van der Waals surface area contributed by atoms with Gasteiger partial charge in [0.15, 0.2) is 17.1 Å². The summed E-state index contributed by atoms with van der Waals surface area (Å²) in [4.78, 5) is 32.7. The molecule has 0 amide bonds. The van der Waals surface area contributed by atoms with Crippen LogP contribution >= 0.6 is 12.4 Å². The highest BCUT2D eigenvalue weighted by Crippen LogP contribution is 2.32. The molecule has 0 aliphatic carbocycles. The number of aliphatic hydroxyl groups is 1. The van der Waals surface area contributed by atoms with Crippen LogP contribution < -0.4 is 5.32 Å². The first-order valence-corrected chi connectivity index (χ1v) is 8.88. The summed E-state index contributed by atoms with van der Waals surface area (Å²) < 4.78 is 10.8. The minimum Gasteiger partial charge on any atom is -0.459 e. The maximum atomic E-state index is 13.0. The molecular formula is C21H18ClN3O5. The van der Waals surface area contributed by atoms with Crippen LogP contribution in [0.25, 0.3) is 17.1 Å². The van der Waals surface area contributed by atoms with Crippen LogP contribution in [0.2, 0.25) is 0 Å². The number of fused-ring (bicyclic) bond motifs is 1. The lowest BCUT2D eigenvalue weighted by Gasteiger charge is -2.09. The summed E-state index contributed by atoms with van der Waals surface area (Å²) in [7, 11) is 0. The van der Waals surface area contributed by atoms with E-state index in [2.05, 4.69) is 15.3 Å². The number of Topliss-reactive ketones (excluding diaryl/α,β-unsaturated/α-hetero) is 1. The lowest BCUT2D eigenvalue weighted by atomic mass is 10.1. The fourth-order valence-corrected chi connectivity index (χ4v) is 2.95. The third kappa shape index (κ3) is 4.05. The first-order chi connectivity index (χ1) is 14.2. The number of carbonyl (C=O) groups excluding carboxylic acids is 2. The van der Waals surface area contributed by atoms with Gasteiger partial charge in [-0.05, 0) is 30.4 Å². The molecule has 4 heterocycles. The van der Waals surface area contributed by atoms with Crippen LogP contribution in [-0.4, -0.2) is 40.0 Å². The van der Waals surface area contributed by atoms with E-state index < -0.39 is 11.8 Å². The van der Waals surface area contributed by atoms with Gasteiger partial charge in [-0.1, -0.05) is 12.2 Å². The first kappa shape index (κ1) is 21.1. The Morgan fingerprint density at radius 3 is 3.00 bits per heavy atom. The van der Waals surface area contributed by atoms with Crippen molar-refractivity contribution < 1.29 is 24.2 Å². The van der Waals surface area contributed by atoms with Crippen LogP contribution in [0.1, 0.15) is 5.56 Å². The van der Waals surface area contributed by atoms with Crippen molar-refractivity contribution in [1.82, 2.24) is 15.3 Å². The molecule has 3 N–H and O–H groups in total. The van der Waals surface area contributed by atoms with Gasteiger partial charge >= 0.3 is 5.97 Å². The lowest BCUT2D eigenvalue weighted by Crippen LogP contribution is -2.18. The summed E-state index contributed by atoms with van der Waals surface area (Å²) in [6.45, 7) is -0.566. The summed E-state index contributed by atoms with van der Waals surface area (Å²) in [5, 5.41) is 12.7. The van der Waals surface area contributed by atoms with Gasteiger partial charge in [-0.2, -0.15) is 0 Å². The summed E-state index contributed by atoms with van der Waals surface area (Å²) in [5.41, 5.74) is 1.57. The molecule has 9 heteroatoms. The Morgan fingerprint density at radius 2 is 2.17 bits per heavy atom. The molecule has 0 atom stereocenters. The van der Waals surface area contributed by atoms with Gasteiger partial charge in [0.2, 0.25) is 5.78 Å². The van der Waals surface area contributed by atoms with E-state index in [1.165, 1.54) is 0 Å². The van der Waals surface area contributed by atoms with Crippen molar-refractivity contribution in [3.05, 3.63) is 83.4 Å². The van der Waals surface area contributed by atoms with E-state index in [0.29, 0.717) is 16.9 Å². The van der Waals surface area contributed by atoms with E-state index in [4.69, 9.17) is 14.6 Å². The summed E-state index contributed by atoms with van der Waals surface area (Å²) >= 11 is 0. The number of nitrogens with one attached hydrogen (secondary N) is 2. The number of ether oxygens (including phenoxy) is 2. The van der Waals surface area contributed by atoms with Crippen molar-refractivity contribution in [1.29, 1.82) is 0 Å². The number of aromatic nitrogens is 2. The molecule has 2 aliphatic heterocycles. The van der Waals surface area contributed by atoms with Crippen LogP contribution in [0.15, 0.2) is 77.8 Å². The fraction of sp³-hybridized carbons (Fsp3) is 0.0952. The van der Waals surface area contributed by atoms with Crippen molar-refractivity contribution >= 4 is 41.3 Å². The van der Waals surface area contributed by atoms with E-state index in [-0.39, 0.29) is 42.7 Å². The average Bonchev–Trinajstić information content (AvgIpc) is 3.15. The molecule has 0 spiro atoms. The Morgan fingerprint density at radius 1 is 1.30 bits per heavy atom. The molecule has 0 fully saturated rings. The normalized spacial score (nSPS) is 16.8. The molecule has 0 saturated carbocycles. The van der Waals surface area contributed by atoms with Gasteiger partial charge < -0.3 is 24.9 Å². The van der Waals surface area contributed by atoms with Crippen molar-refractivity contribution in [2.24, 2.45) is 0 Å². The average molecular weight is 428 g/mol. The van der Waals surface area contributed by atoms with Gasteiger partial charge in [0.05, 0.1) is 12.3 Å². The van der Waals surface area contributed by atoms with Crippen molar-refractivity contribution in [3.63, 3.8) is 0 Å². The number of aromatic amines is 1. The first-order valence-electron chi connectivity index (χ1n) is 8.88. The van der Waals surface area contributed by atoms with Gasteiger partial charge in [-0.15, -0.1) is 12.4 Å². The summed E-state index contributed by atoms with van der Waals surface area (Å²) in [6, 6.07) is 3.65. The molecule has 0 aromatic carbocycles. The van der Waals surface area contributed by atoms with Crippen LogP contribution in [-0.2, 0) is 19.1 Å². The Labute approximate surface area is 177 Å². The molecule has 8 nitrogen and oxygen atoms in total. The number of allylic oxidation sites excluding steroid dienone is 5. The zero-order valence-corrected chi connectivity index (χ0v) is 16.4. The van der Waals surface area contributed by atoms with Crippen LogP contribution in [0.3, 0.4) is 0 Å². The topological polar surface area (TPSA) is 114 Å². The van der Waals surface area contributed by atoms with Crippen molar-refractivity contribution in [3.8, 4) is 0 Å². The number of pyridine rings is 1. The van der Waals surface area contributed by atoms with Crippen molar-refractivity contribution in [2.75, 3.05) is 13.2 Å². The minimum atomic E-state index is -0.858. The predicted octanol–water partition coefficient (Wildman–Crippen LogP) is 2.27. The number of carbonyl (C=O) groups is 2. The number of halogens is 1. The molecular weight excluding hydrogens is 410 g/mol. The van der Waals surface area contributed by atoms with Gasteiger partial charge in [0.1, 0.15) is 12.3 Å². The van der Waals surface area contributed by atoms with Crippen molar-refractivity contribution in [2.45, 2.75) is 0 Å². The molecule has 2 aliphatic rings. The molecule has 2 aromatic rings. The van der Waals surface area contributed by atoms with Gasteiger partial charge in [-0.25, -0.2) is 9.78 Å². The number of aliphatic hydroxyl groups excluding tert-OH is 1. The molecule has 0 saturated heterocycles. The van der Waals surface area contributed by atoms with Crippen LogP contribution in [0.5, 0.6) is 0 Å². The van der Waals surface area contributed by atoms with Gasteiger partial charge in [0.25, 0.3) is 0 Å². The quantitative estimate of drug-likeness (QED) is 0.381. The van der Waals surface area contributed by atoms with Crippen LogP contribution in [0, 0.1) is 0 Å². The maximum Gasteiger partial charge on any atom is 0.346 e. The number of ketones is 1. The van der Waals surface area contributed by atoms with Gasteiger partial charge in [-0.3, -0.25) is 4.79 Å². The Hall–Kier alpha value is -3.62. The molecule has 0 radical (unpaired) electrons. The second-order valence-electron chi connectivity index (χ2n) is 6.12. The summed E-state index contributed by atoms with van der Waals surface area (Å²) in [5.74, 6) is -1.40. The predicted molar refractivity (Wildman–Crippen MR) is 112 cm³/mol. The molecule has 2 aromatic heterocycles. The zero-order chi connectivity index (χ0) is 20.2. The van der Waals surface area contributed by atoms with E-state index in [1.54, 1.807) is 55.0 Å². The second kappa shape index (κ2) is 9.25. The Kier molecular flexibility index (Phi) is 6.51. The third-order valence-electron chi connectivity index (χ3n) is 4.25. The van der Waals surface area contributed by atoms with Gasteiger partial charge in [0, 0.05) is 29.5 Å². The number of rotatable bonds is 5. The Balaban J connectivity index is 0.00000256. The fourth-order valence-electron chi connectivity index (χ4n) is 2.95. The van der Waals surface area contributed by atoms with E-state index in [9.17, 15) is 9.59 Å². The number of hydrogen-bond donors (Lipinski definition) is 3. The third-order valence-corrected chi connectivity index (χ3v) is 4.25. The SMILES string of the molecule is Cl.O=C(OCCO)C1=C(C2=CC=CC=CN2)O/C(=C\c2c[nH]c3ncccc23)C1=O. The highest BCUT2D eigenvalue weighted by molar-refractivity contribution is 6.27. The monoisotopic (exact) mass is 427 g/mol. The number of hydrogen-bond acceptors (Lipinski definition) is 7. The van der Waals surface area contributed by atoms with E-state index in [1.807, 2.05) is 6.07 Å². The maximum absolute atomic E-state index is 13.0. The molecule has 4 rings (SSSR count). The molecule has 0 unspecified atom stereocenters. The van der Waals surface area contributed by atoms with Crippen LogP contribution in [0.4, 0.5) is 0 Å². The largest absolute Gasteiger partial charge is 0.459 e. The highest BCUT2D eigenvalue weighted by atomic mass is 35.5. The number of H-pyrrole nitrogens is 1. The van der Waals surface area contributed by atoms with E-state index >= 15 is 0 Å². The summed E-state index contributed by atoms with van der Waals surface area (Å²) in [6.07, 6.45) is 13.6. The smallest absolute Gasteiger partial charge is 0.346 e. The molecule has 30 heavy (non-hydrogen) atoms. The Bertz CT molecular complexity index is 1140. The zero-order valence-electron chi connectivity index (χ0n) is 15.6. The highest BCUT2D eigenvalue weighted by Gasteiger charge is 2.38. The van der Waals surface area contributed by atoms with E-state index in [0.717, 1.165) is 5.39 Å².